The van der Waals surface area contributed by atoms with Crippen LogP contribution in [0.25, 0.3) is 0 Å². The molecule has 0 bridgehead atoms. The highest BCUT2D eigenvalue weighted by Crippen LogP contribution is 2.18. The van der Waals surface area contributed by atoms with Gasteiger partial charge >= 0.3 is 0 Å². The van der Waals surface area contributed by atoms with E-state index in [1.54, 1.807) is 36.4 Å². The summed E-state index contributed by atoms with van der Waals surface area (Å²) >= 11 is 0. The minimum Gasteiger partial charge on any atom is -0.459 e. The van der Waals surface area contributed by atoms with Gasteiger partial charge in [0.2, 0.25) is 0 Å². The molecule has 2 N–H and O–H groups in total. The van der Waals surface area contributed by atoms with E-state index in [1.807, 2.05) is 30.3 Å². The summed E-state index contributed by atoms with van der Waals surface area (Å²) < 4.78 is 5.08. The zero-order valence-electron chi connectivity index (χ0n) is 14.4. The molecule has 5 heteroatoms. The summed E-state index contributed by atoms with van der Waals surface area (Å²) in [7, 11) is 0. The minimum atomic E-state index is -0.395. The van der Waals surface area contributed by atoms with Crippen molar-refractivity contribution in [3.63, 3.8) is 0 Å². The van der Waals surface area contributed by atoms with Crippen LogP contribution in [0.5, 0.6) is 0 Å². The maximum atomic E-state index is 12.6. The highest BCUT2D eigenvalue weighted by molar-refractivity contribution is 6.07. The molecule has 1 heterocycles. The van der Waals surface area contributed by atoms with E-state index in [2.05, 4.69) is 17.6 Å². The van der Waals surface area contributed by atoms with Gasteiger partial charge in [-0.2, -0.15) is 0 Å². The monoisotopic (exact) mass is 348 g/mol. The predicted molar refractivity (Wildman–Crippen MR) is 100 cm³/mol. The van der Waals surface area contributed by atoms with E-state index in [0.29, 0.717) is 17.8 Å². The maximum Gasteiger partial charge on any atom is 0.291 e. The first-order valence-electron chi connectivity index (χ1n) is 8.42. The number of nitrogens with one attached hydrogen (secondary N) is 2. The molecule has 5 nitrogen and oxygen atoms in total. The van der Waals surface area contributed by atoms with Gasteiger partial charge in [-0.3, -0.25) is 9.59 Å². The van der Waals surface area contributed by atoms with E-state index in [0.717, 1.165) is 5.56 Å². The maximum absolute atomic E-state index is 12.6. The summed E-state index contributed by atoms with van der Waals surface area (Å²) in [6, 6.07) is 20.1. The number of amides is 2. The number of carbonyl (C=O) groups excluding carboxylic acids is 2. The largest absolute Gasteiger partial charge is 0.459 e. The van der Waals surface area contributed by atoms with Gasteiger partial charge in [0.15, 0.2) is 5.76 Å². The quantitative estimate of drug-likeness (QED) is 0.705. The lowest BCUT2D eigenvalue weighted by Gasteiger charge is -2.15. The predicted octanol–water partition coefficient (Wildman–Crippen LogP) is 4.07. The third-order valence-corrected chi connectivity index (χ3v) is 4.10. The van der Waals surface area contributed by atoms with Crippen molar-refractivity contribution in [2.75, 3.05) is 11.9 Å². The minimum absolute atomic E-state index is 0.185. The Bertz CT molecular complexity index is 873. The zero-order valence-corrected chi connectivity index (χ0v) is 14.4. The third-order valence-electron chi connectivity index (χ3n) is 4.10. The average molecular weight is 348 g/mol. The van der Waals surface area contributed by atoms with Crippen LogP contribution in [0.3, 0.4) is 0 Å². The number of rotatable bonds is 6. The Hall–Kier alpha value is -3.34. The molecule has 132 valence electrons. The van der Waals surface area contributed by atoms with E-state index in [9.17, 15) is 9.59 Å². The van der Waals surface area contributed by atoms with Gasteiger partial charge in [-0.1, -0.05) is 49.4 Å². The summed E-state index contributed by atoms with van der Waals surface area (Å²) in [5.74, 6) is -0.251. The number of hydrogen-bond acceptors (Lipinski definition) is 3. The second kappa shape index (κ2) is 8.16. The Morgan fingerprint density at radius 2 is 1.65 bits per heavy atom. The Morgan fingerprint density at radius 1 is 0.923 bits per heavy atom. The van der Waals surface area contributed by atoms with Gasteiger partial charge in [-0.15, -0.1) is 0 Å². The first-order chi connectivity index (χ1) is 12.6. The molecular formula is C21H20N2O3. The standard InChI is InChI=1S/C21H20N2O3/c1-15(16-8-3-2-4-9-16)14-22-20(24)17-10-5-6-11-18(17)23-21(25)19-12-7-13-26-19/h2-13,15H,14H2,1H3,(H,22,24)(H,23,25)/t15-/m1/s1. The van der Waals surface area contributed by atoms with E-state index in [-0.39, 0.29) is 17.6 Å². The van der Waals surface area contributed by atoms with Gasteiger partial charge in [0.1, 0.15) is 0 Å². The Balaban J connectivity index is 1.67. The van der Waals surface area contributed by atoms with Crippen LogP contribution < -0.4 is 10.6 Å². The van der Waals surface area contributed by atoms with Gasteiger partial charge in [-0.25, -0.2) is 0 Å². The van der Waals surface area contributed by atoms with Crippen molar-refractivity contribution in [1.82, 2.24) is 5.32 Å². The van der Waals surface area contributed by atoms with Crippen molar-refractivity contribution in [3.8, 4) is 0 Å². The van der Waals surface area contributed by atoms with Crippen molar-refractivity contribution >= 4 is 17.5 Å². The Kier molecular flexibility index (Phi) is 5.49. The highest BCUT2D eigenvalue weighted by atomic mass is 16.3. The van der Waals surface area contributed by atoms with Crippen LogP contribution in [0, 0.1) is 0 Å². The Labute approximate surface area is 152 Å². The number of furan rings is 1. The van der Waals surface area contributed by atoms with Crippen molar-refractivity contribution in [1.29, 1.82) is 0 Å². The van der Waals surface area contributed by atoms with Gasteiger partial charge < -0.3 is 15.1 Å². The summed E-state index contributed by atoms with van der Waals surface area (Å²) in [4.78, 5) is 24.7. The number of benzene rings is 2. The number of anilines is 1. The summed E-state index contributed by atoms with van der Waals surface area (Å²) in [5, 5.41) is 5.65. The highest BCUT2D eigenvalue weighted by Gasteiger charge is 2.16. The van der Waals surface area contributed by atoms with E-state index >= 15 is 0 Å². The smallest absolute Gasteiger partial charge is 0.291 e. The lowest BCUT2D eigenvalue weighted by molar-refractivity contribution is 0.0952. The van der Waals surface area contributed by atoms with Crippen LogP contribution in [0.2, 0.25) is 0 Å². The third kappa shape index (κ3) is 4.19. The molecule has 0 unspecified atom stereocenters. The fourth-order valence-electron chi connectivity index (χ4n) is 2.62. The fraction of sp³-hybridized carbons (Fsp3) is 0.143. The molecule has 26 heavy (non-hydrogen) atoms. The second-order valence-electron chi connectivity index (χ2n) is 6.00. The van der Waals surface area contributed by atoms with Crippen molar-refractivity contribution < 1.29 is 14.0 Å². The molecule has 2 aromatic carbocycles. The summed E-state index contributed by atoms with van der Waals surface area (Å²) in [6.07, 6.45) is 1.43. The second-order valence-corrected chi connectivity index (χ2v) is 6.00. The molecule has 0 aliphatic rings. The van der Waals surface area contributed by atoms with Crippen LogP contribution in [0.1, 0.15) is 39.3 Å². The first kappa shape index (κ1) is 17.5. The SMILES string of the molecule is C[C@H](CNC(=O)c1ccccc1NC(=O)c1ccco1)c1ccccc1. The van der Waals surface area contributed by atoms with Crippen LogP contribution in [0.15, 0.2) is 77.4 Å². The zero-order chi connectivity index (χ0) is 18.4. The molecule has 0 fully saturated rings. The summed E-state index contributed by atoms with van der Waals surface area (Å²) in [5.41, 5.74) is 2.01. The van der Waals surface area contributed by atoms with Gasteiger partial charge in [-0.05, 0) is 35.7 Å². The van der Waals surface area contributed by atoms with Gasteiger partial charge in [0, 0.05) is 6.54 Å². The van der Waals surface area contributed by atoms with Crippen LogP contribution in [0.4, 0.5) is 5.69 Å². The van der Waals surface area contributed by atoms with Crippen LogP contribution in [-0.2, 0) is 0 Å². The lowest BCUT2D eigenvalue weighted by Crippen LogP contribution is -2.28. The molecule has 3 rings (SSSR count). The fourth-order valence-corrected chi connectivity index (χ4v) is 2.62. The topological polar surface area (TPSA) is 71.3 Å². The molecule has 0 saturated heterocycles. The van der Waals surface area contributed by atoms with E-state index in [4.69, 9.17) is 4.42 Å². The number of para-hydroxylation sites is 1. The number of hydrogen-bond donors (Lipinski definition) is 2. The van der Waals surface area contributed by atoms with E-state index < -0.39 is 5.91 Å². The van der Waals surface area contributed by atoms with Gasteiger partial charge in [0.25, 0.3) is 11.8 Å². The number of carbonyl (C=O) groups is 2. The van der Waals surface area contributed by atoms with Crippen LogP contribution >= 0.6 is 0 Å². The molecule has 0 spiro atoms. The van der Waals surface area contributed by atoms with E-state index in [1.165, 1.54) is 6.26 Å². The van der Waals surface area contributed by atoms with Gasteiger partial charge in [0.05, 0.1) is 17.5 Å². The molecule has 0 radical (unpaired) electrons. The molecule has 2 amide bonds. The normalized spacial score (nSPS) is 11.6. The molecule has 0 saturated carbocycles. The summed E-state index contributed by atoms with van der Waals surface area (Å²) in [6.45, 7) is 2.56. The van der Waals surface area contributed by atoms with Crippen molar-refractivity contribution in [2.24, 2.45) is 0 Å². The average Bonchev–Trinajstić information content (AvgIpc) is 3.22. The molecule has 3 aromatic rings. The molecule has 0 aliphatic carbocycles. The van der Waals surface area contributed by atoms with Crippen molar-refractivity contribution in [2.45, 2.75) is 12.8 Å². The van der Waals surface area contributed by atoms with Crippen molar-refractivity contribution in [3.05, 3.63) is 89.9 Å². The molecule has 1 aromatic heterocycles. The van der Waals surface area contributed by atoms with Crippen LogP contribution in [-0.4, -0.2) is 18.4 Å². The lowest BCUT2D eigenvalue weighted by atomic mass is 10.0. The first-order valence-corrected chi connectivity index (χ1v) is 8.42. The molecule has 1 atom stereocenters. The Morgan fingerprint density at radius 3 is 2.38 bits per heavy atom. The molecule has 0 aliphatic heterocycles. The molecular weight excluding hydrogens is 328 g/mol.